The molecule has 2 aliphatic heterocycles. The molecule has 1 saturated heterocycles. The summed E-state index contributed by atoms with van der Waals surface area (Å²) in [5, 5.41) is 5.80. The van der Waals surface area contributed by atoms with Crippen LogP contribution >= 0.6 is 11.3 Å². The summed E-state index contributed by atoms with van der Waals surface area (Å²) in [6.07, 6.45) is 1.22. The predicted molar refractivity (Wildman–Crippen MR) is 79.8 cm³/mol. The molecule has 1 fully saturated rings. The fourth-order valence-corrected chi connectivity index (χ4v) is 4.34. The summed E-state index contributed by atoms with van der Waals surface area (Å²) >= 11 is 1.92. The Bertz CT molecular complexity index is 420. The van der Waals surface area contributed by atoms with Gasteiger partial charge in [0, 0.05) is 36.0 Å². The Morgan fingerprint density at radius 2 is 2.37 bits per heavy atom. The van der Waals surface area contributed by atoms with E-state index in [-0.39, 0.29) is 0 Å². The topological polar surface area (TPSA) is 24.5 Å². The lowest BCUT2D eigenvalue weighted by Gasteiger charge is -2.36. The summed E-state index contributed by atoms with van der Waals surface area (Å²) in [4.78, 5) is 4.23. The van der Waals surface area contributed by atoms with Crippen molar-refractivity contribution in [1.29, 1.82) is 0 Å². The molecular weight excluding hydrogens is 256 g/mol. The Morgan fingerprint density at radius 3 is 3.21 bits per heavy atom. The molecule has 3 nitrogen and oxygen atoms in total. The van der Waals surface area contributed by atoms with Crippen molar-refractivity contribution in [3.63, 3.8) is 0 Å². The standard InChI is InChI=1S/C15H24N2OS/c1-3-16-14-10-18-9-12(14)8-17-6-4-15-13(11(17)2)5-7-19-15/h5,7,11-12,14,16H,3-4,6,8-10H2,1-2H3. The number of hydrogen-bond acceptors (Lipinski definition) is 4. The number of ether oxygens (including phenoxy) is 1. The minimum atomic E-state index is 0.543. The van der Waals surface area contributed by atoms with Crippen LogP contribution in [0.3, 0.4) is 0 Å². The molecule has 0 aromatic carbocycles. The van der Waals surface area contributed by atoms with Gasteiger partial charge in [0.05, 0.1) is 13.2 Å². The van der Waals surface area contributed by atoms with Gasteiger partial charge in [-0.3, -0.25) is 4.90 Å². The van der Waals surface area contributed by atoms with E-state index in [2.05, 4.69) is 35.5 Å². The molecule has 2 aliphatic rings. The van der Waals surface area contributed by atoms with E-state index in [1.54, 1.807) is 10.4 Å². The minimum absolute atomic E-state index is 0.543. The van der Waals surface area contributed by atoms with E-state index in [4.69, 9.17) is 4.74 Å². The van der Waals surface area contributed by atoms with Crippen LogP contribution in [-0.4, -0.2) is 43.8 Å². The molecule has 0 amide bonds. The van der Waals surface area contributed by atoms with Crippen LogP contribution in [0.1, 0.15) is 30.3 Å². The Kier molecular flexibility index (Phi) is 4.22. The van der Waals surface area contributed by atoms with Crippen LogP contribution in [0.4, 0.5) is 0 Å². The first kappa shape index (κ1) is 13.6. The van der Waals surface area contributed by atoms with Gasteiger partial charge in [-0.15, -0.1) is 11.3 Å². The third kappa shape index (κ3) is 2.72. The van der Waals surface area contributed by atoms with Gasteiger partial charge in [-0.1, -0.05) is 6.92 Å². The SMILES string of the molecule is CCNC1COCC1CN1CCc2sccc2C1C. The first-order valence-electron chi connectivity index (χ1n) is 7.41. The highest BCUT2D eigenvalue weighted by Crippen LogP contribution is 2.33. The zero-order chi connectivity index (χ0) is 13.2. The van der Waals surface area contributed by atoms with Gasteiger partial charge >= 0.3 is 0 Å². The summed E-state index contributed by atoms with van der Waals surface area (Å²) in [7, 11) is 0. The predicted octanol–water partition coefficient (Wildman–Crippen LogP) is 2.29. The van der Waals surface area contributed by atoms with Crippen molar-refractivity contribution in [2.24, 2.45) is 5.92 Å². The van der Waals surface area contributed by atoms with E-state index >= 15 is 0 Å². The van der Waals surface area contributed by atoms with Crippen LogP contribution in [0, 0.1) is 5.92 Å². The second kappa shape index (κ2) is 5.92. The normalized spacial score (nSPS) is 31.6. The van der Waals surface area contributed by atoms with E-state index in [1.807, 2.05) is 11.3 Å². The van der Waals surface area contributed by atoms with Crippen LogP contribution in [0.15, 0.2) is 11.4 Å². The molecule has 0 bridgehead atoms. The summed E-state index contributed by atoms with van der Waals surface area (Å²) < 4.78 is 5.67. The van der Waals surface area contributed by atoms with Gasteiger partial charge in [-0.25, -0.2) is 0 Å². The van der Waals surface area contributed by atoms with Crippen LogP contribution in [-0.2, 0) is 11.2 Å². The molecule has 3 unspecified atom stereocenters. The largest absolute Gasteiger partial charge is 0.379 e. The van der Waals surface area contributed by atoms with Gasteiger partial charge in [-0.05, 0) is 36.9 Å². The summed E-state index contributed by atoms with van der Waals surface area (Å²) in [6.45, 7) is 9.72. The molecule has 0 radical (unpaired) electrons. The van der Waals surface area contributed by atoms with E-state index in [0.29, 0.717) is 18.0 Å². The Labute approximate surface area is 119 Å². The third-order valence-corrected chi connectivity index (χ3v) is 5.53. The fraction of sp³-hybridized carbons (Fsp3) is 0.733. The second-order valence-electron chi connectivity index (χ2n) is 5.68. The lowest BCUT2D eigenvalue weighted by atomic mass is 9.97. The van der Waals surface area contributed by atoms with E-state index in [9.17, 15) is 0 Å². The van der Waals surface area contributed by atoms with Gasteiger partial charge in [-0.2, -0.15) is 0 Å². The monoisotopic (exact) mass is 280 g/mol. The van der Waals surface area contributed by atoms with Crippen LogP contribution < -0.4 is 5.32 Å². The quantitative estimate of drug-likeness (QED) is 0.916. The number of thiophene rings is 1. The number of hydrogen-bond donors (Lipinski definition) is 1. The number of nitrogens with zero attached hydrogens (tertiary/aromatic N) is 1. The molecule has 1 N–H and O–H groups in total. The van der Waals surface area contributed by atoms with Crippen molar-refractivity contribution < 1.29 is 4.74 Å². The summed E-state index contributed by atoms with van der Waals surface area (Å²) in [5.41, 5.74) is 1.55. The minimum Gasteiger partial charge on any atom is -0.379 e. The Balaban J connectivity index is 1.64. The molecule has 4 heteroatoms. The third-order valence-electron chi connectivity index (χ3n) is 4.54. The van der Waals surface area contributed by atoms with Gasteiger partial charge in [0.25, 0.3) is 0 Å². The maximum absolute atomic E-state index is 5.67. The Hall–Kier alpha value is -0.420. The van der Waals surface area contributed by atoms with Gasteiger partial charge in [0.1, 0.15) is 0 Å². The molecule has 3 rings (SSSR count). The van der Waals surface area contributed by atoms with Crippen LogP contribution in [0.5, 0.6) is 0 Å². The second-order valence-corrected chi connectivity index (χ2v) is 6.68. The van der Waals surface area contributed by atoms with Crippen molar-refractivity contribution in [2.45, 2.75) is 32.4 Å². The lowest BCUT2D eigenvalue weighted by Crippen LogP contribution is -2.44. The smallest absolute Gasteiger partial charge is 0.0623 e. The van der Waals surface area contributed by atoms with Crippen LogP contribution in [0.25, 0.3) is 0 Å². The molecule has 19 heavy (non-hydrogen) atoms. The Morgan fingerprint density at radius 1 is 1.47 bits per heavy atom. The highest BCUT2D eigenvalue weighted by molar-refractivity contribution is 7.10. The van der Waals surface area contributed by atoms with Gasteiger partial charge in [0.2, 0.25) is 0 Å². The maximum atomic E-state index is 5.67. The van der Waals surface area contributed by atoms with E-state index in [0.717, 1.165) is 26.3 Å². The first-order chi connectivity index (χ1) is 9.29. The highest BCUT2D eigenvalue weighted by Gasteiger charge is 2.32. The molecule has 3 atom stereocenters. The lowest BCUT2D eigenvalue weighted by molar-refractivity contribution is 0.142. The molecule has 1 aromatic heterocycles. The van der Waals surface area contributed by atoms with Crippen molar-refractivity contribution in [3.05, 3.63) is 21.9 Å². The first-order valence-corrected chi connectivity index (χ1v) is 8.29. The molecule has 1 aromatic rings. The fourth-order valence-electron chi connectivity index (χ4n) is 3.38. The van der Waals surface area contributed by atoms with Crippen molar-refractivity contribution >= 4 is 11.3 Å². The van der Waals surface area contributed by atoms with Crippen LogP contribution in [0.2, 0.25) is 0 Å². The van der Waals surface area contributed by atoms with Gasteiger partial charge in [0.15, 0.2) is 0 Å². The number of likely N-dealkylation sites (N-methyl/N-ethyl adjacent to an activating group) is 1. The zero-order valence-electron chi connectivity index (χ0n) is 11.9. The summed E-state index contributed by atoms with van der Waals surface area (Å²) in [5.74, 6) is 0.641. The molecule has 0 saturated carbocycles. The van der Waals surface area contributed by atoms with Crippen molar-refractivity contribution in [2.75, 3.05) is 32.8 Å². The summed E-state index contributed by atoms with van der Waals surface area (Å²) in [6, 6.07) is 3.42. The molecule has 106 valence electrons. The molecule has 0 spiro atoms. The highest BCUT2D eigenvalue weighted by atomic mass is 32.1. The average Bonchev–Trinajstić information content (AvgIpc) is 3.03. The number of rotatable bonds is 4. The number of nitrogens with one attached hydrogen (secondary N) is 1. The molecular formula is C15H24N2OS. The average molecular weight is 280 g/mol. The van der Waals surface area contributed by atoms with Gasteiger partial charge < -0.3 is 10.1 Å². The van der Waals surface area contributed by atoms with Crippen molar-refractivity contribution in [1.82, 2.24) is 10.2 Å². The van der Waals surface area contributed by atoms with Crippen molar-refractivity contribution in [3.8, 4) is 0 Å². The zero-order valence-corrected chi connectivity index (χ0v) is 12.7. The van der Waals surface area contributed by atoms with E-state index in [1.165, 1.54) is 13.0 Å². The maximum Gasteiger partial charge on any atom is 0.0623 e. The number of fused-ring (bicyclic) bond motifs is 1. The molecule has 3 heterocycles. The molecule has 0 aliphatic carbocycles. The van der Waals surface area contributed by atoms with E-state index < -0.39 is 0 Å².